The Morgan fingerprint density at radius 1 is 0.944 bits per heavy atom. The summed E-state index contributed by atoms with van der Waals surface area (Å²) in [6.45, 7) is 19.8. The predicted molar refractivity (Wildman–Crippen MR) is 142 cm³/mol. The molecule has 3 aliphatic rings. The molecule has 0 aromatic heterocycles. The van der Waals surface area contributed by atoms with Crippen molar-refractivity contribution in [2.24, 2.45) is 28.1 Å². The maximum Gasteiger partial charge on any atom is 0.200 e. The molecule has 1 spiro atoms. The number of carbonyl (C=O) groups excluding carboxylic acids is 3. The van der Waals surface area contributed by atoms with E-state index >= 15 is 0 Å². The number of ketones is 3. The van der Waals surface area contributed by atoms with Gasteiger partial charge in [0.1, 0.15) is 22.3 Å². The molecule has 4 nitrogen and oxygen atoms in total. The van der Waals surface area contributed by atoms with E-state index in [9.17, 15) is 14.4 Å². The van der Waals surface area contributed by atoms with Gasteiger partial charge in [0, 0.05) is 11.5 Å². The molecule has 1 aromatic carbocycles. The summed E-state index contributed by atoms with van der Waals surface area (Å²) in [6, 6.07) is 8.82. The fourth-order valence-corrected chi connectivity index (χ4v) is 7.15. The van der Waals surface area contributed by atoms with E-state index in [1.165, 1.54) is 0 Å². The van der Waals surface area contributed by atoms with E-state index in [4.69, 9.17) is 4.74 Å². The number of allylic oxidation sites excluding steroid dienone is 5. The summed E-state index contributed by atoms with van der Waals surface area (Å²) in [7, 11) is 0. The first-order valence-corrected chi connectivity index (χ1v) is 12.9. The summed E-state index contributed by atoms with van der Waals surface area (Å²) >= 11 is 0. The maximum absolute atomic E-state index is 14.8. The Kier molecular flexibility index (Phi) is 6.39. The zero-order valence-electron chi connectivity index (χ0n) is 22.1. The first kappa shape index (κ1) is 26.1. The first-order valence-electron chi connectivity index (χ1n) is 12.9. The van der Waals surface area contributed by atoms with E-state index in [0.717, 1.165) is 0 Å². The smallest absolute Gasteiger partial charge is 0.200 e. The summed E-state index contributed by atoms with van der Waals surface area (Å²) in [5.74, 6) is -0.624. The highest BCUT2D eigenvalue weighted by molar-refractivity contribution is 6.35. The van der Waals surface area contributed by atoms with Crippen LogP contribution >= 0.6 is 0 Å². The third-order valence-corrected chi connectivity index (χ3v) is 9.37. The highest BCUT2D eigenvalue weighted by atomic mass is 16.5. The lowest BCUT2D eigenvalue weighted by Gasteiger charge is -2.63. The number of ether oxygens (including phenoxy) is 1. The molecule has 0 unspecified atom stereocenters. The van der Waals surface area contributed by atoms with Crippen LogP contribution < -0.4 is 0 Å². The van der Waals surface area contributed by atoms with Crippen molar-refractivity contribution < 1.29 is 19.1 Å². The quantitative estimate of drug-likeness (QED) is 0.175. The molecule has 4 heteroatoms. The van der Waals surface area contributed by atoms with Gasteiger partial charge in [-0.1, -0.05) is 62.4 Å². The van der Waals surface area contributed by atoms with Crippen molar-refractivity contribution in [1.82, 2.24) is 0 Å². The molecule has 36 heavy (non-hydrogen) atoms. The summed E-state index contributed by atoms with van der Waals surface area (Å²) < 4.78 is 6.65. The van der Waals surface area contributed by atoms with E-state index in [1.54, 1.807) is 30.3 Å². The molecule has 1 aliphatic heterocycles. The van der Waals surface area contributed by atoms with Crippen molar-refractivity contribution in [3.05, 3.63) is 85.2 Å². The van der Waals surface area contributed by atoms with Crippen LogP contribution in [0.1, 0.15) is 70.2 Å². The highest BCUT2D eigenvalue weighted by Gasteiger charge is 2.74. The first-order chi connectivity index (χ1) is 16.9. The van der Waals surface area contributed by atoms with Gasteiger partial charge in [0.05, 0.1) is 5.41 Å². The van der Waals surface area contributed by atoms with Gasteiger partial charge < -0.3 is 4.74 Å². The molecule has 1 heterocycles. The molecule has 1 saturated carbocycles. The Morgan fingerprint density at radius 3 is 2.11 bits per heavy atom. The van der Waals surface area contributed by atoms with Gasteiger partial charge in [-0.15, -0.1) is 19.7 Å². The second-order valence-corrected chi connectivity index (χ2v) is 11.8. The van der Waals surface area contributed by atoms with E-state index < -0.39 is 27.6 Å². The van der Waals surface area contributed by atoms with E-state index in [-0.39, 0.29) is 41.2 Å². The molecule has 0 N–H and O–H groups in total. The van der Waals surface area contributed by atoms with Gasteiger partial charge >= 0.3 is 0 Å². The van der Waals surface area contributed by atoms with Crippen molar-refractivity contribution in [2.75, 3.05) is 0 Å². The zero-order chi connectivity index (χ0) is 26.5. The normalized spacial score (nSPS) is 32.2. The van der Waals surface area contributed by atoms with Crippen molar-refractivity contribution in [1.29, 1.82) is 0 Å². The fraction of sp³-hybridized carbons (Fsp3) is 0.469. The lowest BCUT2D eigenvalue weighted by atomic mass is 9.39. The molecule has 2 aliphatic carbocycles. The number of benzene rings is 1. The van der Waals surface area contributed by atoms with Crippen molar-refractivity contribution in [3.8, 4) is 0 Å². The number of carbonyl (C=O) groups is 3. The van der Waals surface area contributed by atoms with E-state index in [2.05, 4.69) is 19.7 Å². The fourth-order valence-electron chi connectivity index (χ4n) is 7.15. The average Bonchev–Trinajstić information content (AvgIpc) is 2.83. The van der Waals surface area contributed by atoms with Gasteiger partial charge in [0.2, 0.25) is 0 Å². The minimum atomic E-state index is -1.40. The third-order valence-electron chi connectivity index (χ3n) is 9.37. The lowest BCUT2D eigenvalue weighted by molar-refractivity contribution is -0.188. The Balaban J connectivity index is 2.09. The van der Waals surface area contributed by atoms with Crippen LogP contribution in [0.15, 0.2) is 79.6 Å². The van der Waals surface area contributed by atoms with Crippen LogP contribution in [0.3, 0.4) is 0 Å². The molecular weight excluding hydrogens is 448 g/mol. The number of Topliss-reactive ketones (excluding diaryl/α,β-unsaturated/α-hetero) is 3. The van der Waals surface area contributed by atoms with Gasteiger partial charge in [-0.05, 0) is 57.3 Å². The van der Waals surface area contributed by atoms with Crippen LogP contribution in [-0.2, 0) is 14.3 Å². The average molecular weight is 487 g/mol. The minimum Gasteiger partial charge on any atom is -0.490 e. The van der Waals surface area contributed by atoms with Gasteiger partial charge in [0.25, 0.3) is 0 Å². The predicted octanol–water partition coefficient (Wildman–Crippen LogP) is 6.84. The molecular formula is C32H38O4. The van der Waals surface area contributed by atoms with Gasteiger partial charge in [-0.2, -0.15) is 0 Å². The van der Waals surface area contributed by atoms with Crippen LogP contribution in [-0.4, -0.2) is 23.0 Å². The van der Waals surface area contributed by atoms with Gasteiger partial charge in [-0.3, -0.25) is 14.4 Å². The number of hydrogen-bond donors (Lipinski definition) is 0. The van der Waals surface area contributed by atoms with E-state index in [1.807, 2.05) is 45.9 Å². The zero-order valence-corrected chi connectivity index (χ0v) is 22.1. The molecule has 2 fully saturated rings. The Hall–Kier alpha value is -3.01. The van der Waals surface area contributed by atoms with Crippen molar-refractivity contribution in [2.45, 2.75) is 65.4 Å². The Morgan fingerprint density at radius 2 is 1.53 bits per heavy atom. The number of hydrogen-bond acceptors (Lipinski definition) is 4. The minimum absolute atomic E-state index is 0.00849. The summed E-state index contributed by atoms with van der Waals surface area (Å²) in [6.07, 6.45) is 7.94. The summed E-state index contributed by atoms with van der Waals surface area (Å²) in [5, 5.41) is 0. The second-order valence-electron chi connectivity index (χ2n) is 11.8. The molecule has 0 radical (unpaired) electrons. The second kappa shape index (κ2) is 8.83. The van der Waals surface area contributed by atoms with Crippen molar-refractivity contribution >= 4 is 17.3 Å². The lowest BCUT2D eigenvalue weighted by Crippen LogP contribution is -2.69. The molecule has 4 rings (SSSR count). The standard InChI is InChI=1S/C32H38O4/c1-8-14-22-19-31-20-23(15-9-2)30(6,7)36-27(31)24(25(33)21-16-12-11-13-17-21)26(34)32(18-10-3,28(31)35)29(22,4)5/h8-13,16-17,22-23H,1-3,14-15,18-20H2,4-7H3/t22-,23+,31-,32-/m0/s1. The molecule has 4 atom stereocenters. The van der Waals surface area contributed by atoms with Crippen LogP contribution in [0.4, 0.5) is 0 Å². The molecule has 1 saturated heterocycles. The SMILES string of the molecule is C=CC[C@@H]1C[C@@]23C[C@H](CC=C)C(C)(C)[C@@](CC=C)(C(=O)C(C(=O)c4ccccc4)=C2OC1(C)C)C3=O. The monoisotopic (exact) mass is 486 g/mol. The molecule has 190 valence electrons. The van der Waals surface area contributed by atoms with Crippen LogP contribution in [0.25, 0.3) is 0 Å². The topological polar surface area (TPSA) is 60.4 Å². The Bertz CT molecular complexity index is 1160. The maximum atomic E-state index is 14.8. The summed E-state index contributed by atoms with van der Waals surface area (Å²) in [4.78, 5) is 43.5. The van der Waals surface area contributed by atoms with Gasteiger partial charge in [-0.25, -0.2) is 0 Å². The molecule has 1 aromatic rings. The number of fused-ring (bicyclic) bond motifs is 1. The number of rotatable bonds is 8. The third kappa shape index (κ3) is 3.37. The van der Waals surface area contributed by atoms with Gasteiger partial charge in [0.15, 0.2) is 17.3 Å². The summed E-state index contributed by atoms with van der Waals surface area (Å²) in [5.41, 5.74) is -3.37. The molecule has 0 amide bonds. The Labute approximate surface area is 215 Å². The van der Waals surface area contributed by atoms with Crippen LogP contribution in [0.5, 0.6) is 0 Å². The largest absolute Gasteiger partial charge is 0.490 e. The van der Waals surface area contributed by atoms with Crippen molar-refractivity contribution in [3.63, 3.8) is 0 Å². The molecule has 2 bridgehead atoms. The van der Waals surface area contributed by atoms with Crippen LogP contribution in [0.2, 0.25) is 0 Å². The highest BCUT2D eigenvalue weighted by Crippen LogP contribution is 2.69. The van der Waals surface area contributed by atoms with Crippen LogP contribution in [0, 0.1) is 28.1 Å². The van der Waals surface area contributed by atoms with E-state index in [0.29, 0.717) is 31.2 Å².